The third-order valence-electron chi connectivity index (χ3n) is 3.77. The van der Waals surface area contributed by atoms with Gasteiger partial charge in [0.25, 0.3) is 0 Å². The second kappa shape index (κ2) is 8.10. The summed E-state index contributed by atoms with van der Waals surface area (Å²) in [5.74, 6) is 1.65. The molecule has 1 aliphatic rings. The molecule has 1 fully saturated rings. The van der Waals surface area contributed by atoms with Crippen molar-refractivity contribution in [2.24, 2.45) is 11.8 Å². The molecule has 0 amide bonds. The summed E-state index contributed by atoms with van der Waals surface area (Å²) >= 11 is 0. The Labute approximate surface area is 108 Å². The van der Waals surface area contributed by atoms with Crippen LogP contribution in [0.2, 0.25) is 0 Å². The second-order valence-electron chi connectivity index (χ2n) is 6.40. The molecule has 0 aromatic heterocycles. The highest BCUT2D eigenvalue weighted by Gasteiger charge is 2.20. The van der Waals surface area contributed by atoms with E-state index in [1.54, 1.807) is 0 Å². The largest absolute Gasteiger partial charge is 0.315 e. The highest BCUT2D eigenvalue weighted by Crippen LogP contribution is 2.14. The van der Waals surface area contributed by atoms with E-state index in [0.29, 0.717) is 0 Å². The molecule has 2 heteroatoms. The maximum atomic E-state index is 3.55. The summed E-state index contributed by atoms with van der Waals surface area (Å²) < 4.78 is 0. The summed E-state index contributed by atoms with van der Waals surface area (Å²) in [6.45, 7) is 14.3. The fraction of sp³-hybridized carbons (Fsp3) is 1.00. The number of hydrogen-bond acceptors (Lipinski definition) is 2. The van der Waals surface area contributed by atoms with Gasteiger partial charge in [0, 0.05) is 12.6 Å². The molecule has 1 N–H and O–H groups in total. The molecule has 0 aromatic rings. The molecule has 102 valence electrons. The molecule has 1 rings (SSSR count). The molecule has 1 heterocycles. The predicted octanol–water partition coefficient (Wildman–Crippen LogP) is 3.13. The summed E-state index contributed by atoms with van der Waals surface area (Å²) in [6.07, 6.45) is 5.43. The van der Waals surface area contributed by atoms with Crippen molar-refractivity contribution >= 4 is 0 Å². The lowest BCUT2D eigenvalue weighted by molar-refractivity contribution is 0.150. The maximum absolute atomic E-state index is 3.55. The monoisotopic (exact) mass is 240 g/mol. The van der Waals surface area contributed by atoms with Gasteiger partial charge in [-0.05, 0) is 57.2 Å². The van der Waals surface area contributed by atoms with E-state index in [2.05, 4.69) is 37.9 Å². The van der Waals surface area contributed by atoms with Crippen LogP contribution in [-0.4, -0.2) is 37.1 Å². The molecule has 0 aromatic carbocycles. The van der Waals surface area contributed by atoms with Crippen LogP contribution in [0.1, 0.15) is 53.4 Å². The van der Waals surface area contributed by atoms with Crippen molar-refractivity contribution in [3.05, 3.63) is 0 Å². The Hall–Kier alpha value is -0.0800. The van der Waals surface area contributed by atoms with E-state index >= 15 is 0 Å². The molecule has 2 nitrogen and oxygen atoms in total. The Morgan fingerprint density at radius 1 is 1.06 bits per heavy atom. The van der Waals surface area contributed by atoms with Crippen LogP contribution in [0.3, 0.4) is 0 Å². The number of nitrogens with one attached hydrogen (secondary N) is 1. The van der Waals surface area contributed by atoms with Crippen LogP contribution in [-0.2, 0) is 0 Å². The first-order chi connectivity index (χ1) is 8.09. The van der Waals surface area contributed by atoms with Crippen LogP contribution in [0.4, 0.5) is 0 Å². The average molecular weight is 240 g/mol. The van der Waals surface area contributed by atoms with Crippen molar-refractivity contribution in [2.45, 2.75) is 59.4 Å². The van der Waals surface area contributed by atoms with Crippen molar-refractivity contribution in [3.63, 3.8) is 0 Å². The molecule has 0 radical (unpaired) electrons. The van der Waals surface area contributed by atoms with Crippen molar-refractivity contribution in [1.29, 1.82) is 0 Å². The van der Waals surface area contributed by atoms with Gasteiger partial charge in [-0.25, -0.2) is 0 Å². The van der Waals surface area contributed by atoms with Gasteiger partial charge in [-0.1, -0.05) is 27.7 Å². The molecule has 1 saturated heterocycles. The Kier molecular flexibility index (Phi) is 7.14. The Morgan fingerprint density at radius 3 is 2.06 bits per heavy atom. The highest BCUT2D eigenvalue weighted by molar-refractivity contribution is 4.79. The molecular formula is C15H32N2. The lowest BCUT2D eigenvalue weighted by Crippen LogP contribution is -2.47. The van der Waals surface area contributed by atoms with Crippen LogP contribution in [0, 0.1) is 11.8 Å². The van der Waals surface area contributed by atoms with E-state index in [1.165, 1.54) is 51.9 Å². The topological polar surface area (TPSA) is 15.3 Å². The molecule has 0 spiro atoms. The minimum atomic E-state index is 0.793. The van der Waals surface area contributed by atoms with Gasteiger partial charge in [-0.2, -0.15) is 0 Å². The van der Waals surface area contributed by atoms with Crippen molar-refractivity contribution < 1.29 is 0 Å². The lowest BCUT2D eigenvalue weighted by Gasteiger charge is -2.35. The van der Waals surface area contributed by atoms with E-state index in [9.17, 15) is 0 Å². The lowest BCUT2D eigenvalue weighted by atomic mass is 10.0. The van der Waals surface area contributed by atoms with Gasteiger partial charge < -0.3 is 5.32 Å². The van der Waals surface area contributed by atoms with Gasteiger partial charge in [-0.15, -0.1) is 0 Å². The summed E-state index contributed by atoms with van der Waals surface area (Å²) in [7, 11) is 0. The SMILES string of the molecule is CC(C)CCN(CCC(C)C)C1CCCNC1. The van der Waals surface area contributed by atoms with Crippen molar-refractivity contribution in [1.82, 2.24) is 10.2 Å². The molecule has 0 bridgehead atoms. The first kappa shape index (κ1) is 15.0. The van der Waals surface area contributed by atoms with Crippen LogP contribution in [0.25, 0.3) is 0 Å². The van der Waals surface area contributed by atoms with Gasteiger partial charge in [0.05, 0.1) is 0 Å². The third-order valence-corrected chi connectivity index (χ3v) is 3.77. The van der Waals surface area contributed by atoms with E-state index in [-0.39, 0.29) is 0 Å². The first-order valence-corrected chi connectivity index (χ1v) is 7.54. The van der Waals surface area contributed by atoms with E-state index in [1.807, 2.05) is 0 Å². The summed E-state index contributed by atoms with van der Waals surface area (Å²) in [5, 5.41) is 3.55. The zero-order chi connectivity index (χ0) is 12.7. The zero-order valence-corrected chi connectivity index (χ0v) is 12.3. The molecule has 1 atom stereocenters. The molecule has 0 aliphatic carbocycles. The van der Waals surface area contributed by atoms with E-state index in [4.69, 9.17) is 0 Å². The van der Waals surface area contributed by atoms with Gasteiger partial charge in [0.15, 0.2) is 0 Å². The number of piperidine rings is 1. The zero-order valence-electron chi connectivity index (χ0n) is 12.3. The van der Waals surface area contributed by atoms with Gasteiger partial charge >= 0.3 is 0 Å². The van der Waals surface area contributed by atoms with Crippen LogP contribution < -0.4 is 5.32 Å². The fourth-order valence-corrected chi connectivity index (χ4v) is 2.47. The Balaban J connectivity index is 2.38. The van der Waals surface area contributed by atoms with E-state index < -0.39 is 0 Å². The molecule has 1 aliphatic heterocycles. The van der Waals surface area contributed by atoms with E-state index in [0.717, 1.165) is 17.9 Å². The van der Waals surface area contributed by atoms with Crippen LogP contribution in [0.5, 0.6) is 0 Å². The fourth-order valence-electron chi connectivity index (χ4n) is 2.47. The summed E-state index contributed by atoms with van der Waals surface area (Å²) in [4.78, 5) is 2.74. The number of rotatable bonds is 7. The average Bonchev–Trinajstić information content (AvgIpc) is 2.29. The Morgan fingerprint density at radius 2 is 1.65 bits per heavy atom. The van der Waals surface area contributed by atoms with Gasteiger partial charge in [0.2, 0.25) is 0 Å². The predicted molar refractivity (Wildman–Crippen MR) is 76.4 cm³/mol. The molecule has 0 saturated carbocycles. The van der Waals surface area contributed by atoms with Crippen molar-refractivity contribution in [2.75, 3.05) is 26.2 Å². The number of nitrogens with zero attached hydrogens (tertiary/aromatic N) is 1. The minimum absolute atomic E-state index is 0.793. The van der Waals surface area contributed by atoms with Crippen LogP contribution >= 0.6 is 0 Å². The van der Waals surface area contributed by atoms with Crippen molar-refractivity contribution in [3.8, 4) is 0 Å². The van der Waals surface area contributed by atoms with Crippen LogP contribution in [0.15, 0.2) is 0 Å². The third kappa shape index (κ3) is 6.42. The summed E-state index contributed by atoms with van der Waals surface area (Å²) in [5.41, 5.74) is 0. The normalized spacial score (nSPS) is 21.7. The van der Waals surface area contributed by atoms with Gasteiger partial charge in [-0.3, -0.25) is 4.90 Å². The molecule has 1 unspecified atom stereocenters. The molecule has 17 heavy (non-hydrogen) atoms. The summed E-state index contributed by atoms with van der Waals surface area (Å²) in [6, 6.07) is 0.793. The highest BCUT2D eigenvalue weighted by atomic mass is 15.2. The smallest absolute Gasteiger partial charge is 0.0221 e. The first-order valence-electron chi connectivity index (χ1n) is 7.54. The standard InChI is InChI=1S/C15H32N2/c1-13(2)7-10-17(11-8-14(3)4)15-6-5-9-16-12-15/h13-16H,5-12H2,1-4H3. The second-order valence-corrected chi connectivity index (χ2v) is 6.40. The molecular weight excluding hydrogens is 208 g/mol. The van der Waals surface area contributed by atoms with Gasteiger partial charge in [0.1, 0.15) is 0 Å². The Bertz CT molecular complexity index is 171. The maximum Gasteiger partial charge on any atom is 0.0221 e. The minimum Gasteiger partial charge on any atom is -0.315 e. The quantitative estimate of drug-likeness (QED) is 0.735. The number of hydrogen-bond donors (Lipinski definition) is 1.